The van der Waals surface area contributed by atoms with Crippen molar-refractivity contribution in [3.05, 3.63) is 54.9 Å². The molecule has 4 heteroatoms. The fourth-order valence-electron chi connectivity index (χ4n) is 2.48. The zero-order chi connectivity index (χ0) is 14.7. The third-order valence-electron chi connectivity index (χ3n) is 3.64. The molecule has 1 aromatic heterocycles. The minimum absolute atomic E-state index is 0.218. The van der Waals surface area contributed by atoms with Gasteiger partial charge in [0.05, 0.1) is 6.20 Å². The van der Waals surface area contributed by atoms with Gasteiger partial charge in [-0.1, -0.05) is 6.58 Å². The molecule has 108 valence electrons. The number of aromatic hydroxyl groups is 1. The smallest absolute Gasteiger partial charge is 0.146 e. The van der Waals surface area contributed by atoms with Crippen LogP contribution in [-0.2, 0) is 0 Å². The Morgan fingerprint density at radius 3 is 2.76 bits per heavy atom. The minimum Gasteiger partial charge on any atom is -0.508 e. The van der Waals surface area contributed by atoms with E-state index in [9.17, 15) is 5.11 Å². The summed E-state index contributed by atoms with van der Waals surface area (Å²) in [4.78, 5) is 4.23. The quantitative estimate of drug-likeness (QED) is 0.903. The van der Waals surface area contributed by atoms with Crippen molar-refractivity contribution in [2.45, 2.75) is 18.9 Å². The zero-order valence-electron chi connectivity index (χ0n) is 11.7. The number of nitrogens with zero attached hydrogens (tertiary/aromatic N) is 1. The summed E-state index contributed by atoms with van der Waals surface area (Å²) in [7, 11) is 0. The van der Waals surface area contributed by atoms with Gasteiger partial charge in [0.15, 0.2) is 0 Å². The van der Waals surface area contributed by atoms with Crippen LogP contribution in [0, 0.1) is 0 Å². The first-order valence-corrected chi connectivity index (χ1v) is 7.07. The van der Waals surface area contributed by atoms with Gasteiger partial charge in [-0.2, -0.15) is 0 Å². The Morgan fingerprint density at radius 1 is 1.24 bits per heavy atom. The molecule has 0 amide bonds. The van der Waals surface area contributed by atoms with Crippen molar-refractivity contribution >= 4 is 5.57 Å². The minimum atomic E-state index is 0.218. The zero-order valence-corrected chi connectivity index (χ0v) is 11.7. The Bertz CT molecular complexity index is 631. The summed E-state index contributed by atoms with van der Waals surface area (Å²) < 4.78 is 5.75. The molecule has 0 spiro atoms. The highest BCUT2D eigenvalue weighted by Crippen LogP contribution is 2.27. The molecule has 1 saturated heterocycles. The van der Waals surface area contributed by atoms with Crippen LogP contribution in [0.3, 0.4) is 0 Å². The maximum absolute atomic E-state index is 9.27. The summed E-state index contributed by atoms with van der Waals surface area (Å²) in [6.07, 6.45) is 5.78. The fraction of sp³-hybridized carbons (Fsp3) is 0.235. The first kappa shape index (κ1) is 13.6. The Hall–Kier alpha value is -2.33. The lowest BCUT2D eigenvalue weighted by molar-refractivity contribution is 0.463. The summed E-state index contributed by atoms with van der Waals surface area (Å²) in [5.41, 5.74) is 2.04. The second-order valence-corrected chi connectivity index (χ2v) is 5.18. The van der Waals surface area contributed by atoms with Crippen molar-refractivity contribution in [3.63, 3.8) is 0 Å². The van der Waals surface area contributed by atoms with E-state index in [0.29, 0.717) is 17.5 Å². The number of phenols is 1. The maximum atomic E-state index is 9.27. The van der Waals surface area contributed by atoms with Gasteiger partial charge in [-0.25, -0.2) is 0 Å². The predicted octanol–water partition coefficient (Wildman–Crippen LogP) is 3.34. The van der Waals surface area contributed by atoms with E-state index in [4.69, 9.17) is 4.74 Å². The number of nitrogens with one attached hydrogen (secondary N) is 1. The van der Waals surface area contributed by atoms with Crippen molar-refractivity contribution in [1.82, 2.24) is 10.3 Å². The number of phenolic OH excluding ortho intramolecular Hbond substituents is 1. The molecule has 2 heterocycles. The average molecular weight is 282 g/mol. The Morgan fingerprint density at radius 2 is 2.05 bits per heavy atom. The second-order valence-electron chi connectivity index (χ2n) is 5.18. The molecule has 21 heavy (non-hydrogen) atoms. The summed E-state index contributed by atoms with van der Waals surface area (Å²) in [5.74, 6) is 1.55. The summed E-state index contributed by atoms with van der Waals surface area (Å²) in [5, 5.41) is 12.7. The van der Waals surface area contributed by atoms with Crippen LogP contribution in [-0.4, -0.2) is 22.7 Å². The van der Waals surface area contributed by atoms with Gasteiger partial charge in [0.1, 0.15) is 17.2 Å². The van der Waals surface area contributed by atoms with Gasteiger partial charge >= 0.3 is 0 Å². The van der Waals surface area contributed by atoms with E-state index < -0.39 is 0 Å². The monoisotopic (exact) mass is 282 g/mol. The third-order valence-corrected chi connectivity index (χ3v) is 3.64. The predicted molar refractivity (Wildman–Crippen MR) is 82.5 cm³/mol. The molecule has 0 bridgehead atoms. The van der Waals surface area contributed by atoms with Gasteiger partial charge in [-0.3, -0.25) is 4.98 Å². The van der Waals surface area contributed by atoms with Crippen LogP contribution >= 0.6 is 0 Å². The Kier molecular flexibility index (Phi) is 3.88. The number of pyridine rings is 1. The van der Waals surface area contributed by atoms with Gasteiger partial charge in [-0.15, -0.1) is 0 Å². The summed E-state index contributed by atoms with van der Waals surface area (Å²) >= 11 is 0. The molecule has 2 N–H and O–H groups in total. The van der Waals surface area contributed by atoms with E-state index in [0.717, 1.165) is 24.1 Å². The normalized spacial score (nSPS) is 17.6. The topological polar surface area (TPSA) is 54.4 Å². The Labute approximate surface area is 124 Å². The largest absolute Gasteiger partial charge is 0.508 e. The molecule has 4 nitrogen and oxygen atoms in total. The van der Waals surface area contributed by atoms with Crippen molar-refractivity contribution in [2.24, 2.45) is 0 Å². The van der Waals surface area contributed by atoms with E-state index >= 15 is 0 Å². The standard InChI is InChI=1S/C17H18N2O2/c1-12(17-3-2-8-19-17)13-9-16(11-18-10-13)21-15-6-4-14(20)5-7-15/h4-7,9-11,17,19-20H,1-3,8H2. The number of benzene rings is 1. The molecule has 1 aromatic carbocycles. The molecule has 0 aliphatic carbocycles. The van der Waals surface area contributed by atoms with Crippen LogP contribution in [0.5, 0.6) is 17.2 Å². The van der Waals surface area contributed by atoms with Gasteiger partial charge in [0, 0.05) is 17.8 Å². The van der Waals surface area contributed by atoms with Gasteiger partial charge in [0.25, 0.3) is 0 Å². The van der Waals surface area contributed by atoms with E-state index in [1.807, 2.05) is 12.3 Å². The lowest BCUT2D eigenvalue weighted by Crippen LogP contribution is -2.22. The summed E-state index contributed by atoms with van der Waals surface area (Å²) in [6, 6.07) is 8.89. The van der Waals surface area contributed by atoms with E-state index in [2.05, 4.69) is 16.9 Å². The maximum Gasteiger partial charge on any atom is 0.146 e. The van der Waals surface area contributed by atoms with Crippen molar-refractivity contribution in [2.75, 3.05) is 6.54 Å². The molecule has 1 aliphatic heterocycles. The molecule has 1 aliphatic rings. The number of hydrogen-bond acceptors (Lipinski definition) is 4. The number of rotatable bonds is 4. The number of aromatic nitrogens is 1. The van der Waals surface area contributed by atoms with Crippen LogP contribution in [0.2, 0.25) is 0 Å². The van der Waals surface area contributed by atoms with Crippen LogP contribution in [0.15, 0.2) is 49.3 Å². The average Bonchev–Trinajstić information content (AvgIpc) is 3.03. The second kappa shape index (κ2) is 5.97. The SMILES string of the molecule is C=C(c1cncc(Oc2ccc(O)cc2)c1)C1CCCN1. The first-order valence-electron chi connectivity index (χ1n) is 7.07. The molecular formula is C17H18N2O2. The fourth-order valence-corrected chi connectivity index (χ4v) is 2.48. The first-order chi connectivity index (χ1) is 10.2. The number of hydrogen-bond donors (Lipinski definition) is 2. The molecule has 2 aromatic rings. The lowest BCUT2D eigenvalue weighted by Gasteiger charge is -2.14. The molecule has 0 radical (unpaired) electrons. The highest BCUT2D eigenvalue weighted by atomic mass is 16.5. The molecule has 1 atom stereocenters. The lowest BCUT2D eigenvalue weighted by atomic mass is 10.0. The van der Waals surface area contributed by atoms with Crippen LogP contribution < -0.4 is 10.1 Å². The van der Waals surface area contributed by atoms with E-state index in [1.54, 1.807) is 30.5 Å². The van der Waals surface area contributed by atoms with Crippen LogP contribution in [0.1, 0.15) is 18.4 Å². The molecule has 0 saturated carbocycles. The molecular weight excluding hydrogens is 264 g/mol. The highest BCUT2D eigenvalue weighted by Gasteiger charge is 2.18. The van der Waals surface area contributed by atoms with Crippen molar-refractivity contribution < 1.29 is 9.84 Å². The van der Waals surface area contributed by atoms with E-state index in [1.165, 1.54) is 6.42 Å². The Balaban J connectivity index is 1.76. The van der Waals surface area contributed by atoms with Crippen LogP contribution in [0.4, 0.5) is 0 Å². The third kappa shape index (κ3) is 3.23. The van der Waals surface area contributed by atoms with Gasteiger partial charge < -0.3 is 15.2 Å². The van der Waals surface area contributed by atoms with Crippen molar-refractivity contribution in [1.29, 1.82) is 0 Å². The van der Waals surface area contributed by atoms with Crippen molar-refractivity contribution in [3.8, 4) is 17.2 Å². The van der Waals surface area contributed by atoms with E-state index in [-0.39, 0.29) is 5.75 Å². The van der Waals surface area contributed by atoms with Gasteiger partial charge in [0.2, 0.25) is 0 Å². The molecule has 1 fully saturated rings. The highest BCUT2D eigenvalue weighted by molar-refractivity contribution is 5.68. The number of ether oxygens (including phenoxy) is 1. The summed E-state index contributed by atoms with van der Waals surface area (Å²) in [6.45, 7) is 5.22. The van der Waals surface area contributed by atoms with Crippen LogP contribution in [0.25, 0.3) is 5.57 Å². The molecule has 1 unspecified atom stereocenters. The molecule has 3 rings (SSSR count). The van der Waals surface area contributed by atoms with Gasteiger partial charge in [-0.05, 0) is 55.3 Å².